The van der Waals surface area contributed by atoms with Crippen LogP contribution in [0.15, 0.2) is 42.5 Å². The van der Waals surface area contributed by atoms with E-state index in [1.165, 1.54) is 6.07 Å². The van der Waals surface area contributed by atoms with Crippen molar-refractivity contribution in [3.63, 3.8) is 0 Å². The molecule has 1 atom stereocenters. The van der Waals surface area contributed by atoms with Crippen molar-refractivity contribution < 1.29 is 4.39 Å². The van der Waals surface area contributed by atoms with Crippen LogP contribution >= 0.6 is 23.2 Å². The number of benzene rings is 2. The minimum Gasteiger partial charge on any atom is -0.310 e. The zero-order chi connectivity index (χ0) is 14.5. The Morgan fingerprint density at radius 3 is 2.55 bits per heavy atom. The second kappa shape index (κ2) is 7.07. The molecule has 2 aromatic carbocycles. The summed E-state index contributed by atoms with van der Waals surface area (Å²) in [5, 5.41) is 4.35. The first-order chi connectivity index (χ1) is 9.63. The number of hydrogen-bond donors (Lipinski definition) is 1. The van der Waals surface area contributed by atoms with Gasteiger partial charge in [0.25, 0.3) is 0 Å². The van der Waals surface area contributed by atoms with Crippen molar-refractivity contribution in [3.05, 3.63) is 69.5 Å². The van der Waals surface area contributed by atoms with Crippen LogP contribution in [0.4, 0.5) is 4.39 Å². The van der Waals surface area contributed by atoms with Crippen LogP contribution in [0.25, 0.3) is 0 Å². The van der Waals surface area contributed by atoms with Gasteiger partial charge in [0.2, 0.25) is 0 Å². The van der Waals surface area contributed by atoms with Crippen molar-refractivity contribution in [2.24, 2.45) is 0 Å². The minimum atomic E-state index is -0.211. The van der Waals surface area contributed by atoms with Gasteiger partial charge in [0.15, 0.2) is 0 Å². The normalized spacial score (nSPS) is 12.4. The van der Waals surface area contributed by atoms with Crippen LogP contribution in [0.1, 0.15) is 24.1 Å². The molecule has 1 nitrogen and oxygen atoms in total. The van der Waals surface area contributed by atoms with Gasteiger partial charge in [-0.3, -0.25) is 0 Å². The maximum atomic E-state index is 13.9. The Morgan fingerprint density at radius 2 is 1.85 bits per heavy atom. The van der Waals surface area contributed by atoms with Crippen molar-refractivity contribution in [2.75, 3.05) is 6.54 Å². The molecular weight excluding hydrogens is 296 g/mol. The van der Waals surface area contributed by atoms with E-state index in [-0.39, 0.29) is 11.9 Å². The van der Waals surface area contributed by atoms with E-state index in [0.717, 1.165) is 12.1 Å². The van der Waals surface area contributed by atoms with E-state index >= 15 is 0 Å². The van der Waals surface area contributed by atoms with Gasteiger partial charge in [0, 0.05) is 11.6 Å². The smallest absolute Gasteiger partial charge is 0.127 e. The molecule has 0 heterocycles. The van der Waals surface area contributed by atoms with Crippen LogP contribution in [-0.2, 0) is 6.42 Å². The SMILES string of the molecule is CCNC(Cc1cccc(Cl)c1Cl)c1ccccc1F. The van der Waals surface area contributed by atoms with Gasteiger partial charge >= 0.3 is 0 Å². The minimum absolute atomic E-state index is 0.128. The largest absolute Gasteiger partial charge is 0.310 e. The lowest BCUT2D eigenvalue weighted by Gasteiger charge is -2.20. The van der Waals surface area contributed by atoms with Crippen LogP contribution in [0, 0.1) is 5.82 Å². The molecule has 0 amide bonds. The summed E-state index contributed by atoms with van der Waals surface area (Å²) in [6, 6.07) is 12.2. The third-order valence-electron chi connectivity index (χ3n) is 3.19. The molecule has 0 aliphatic heterocycles. The van der Waals surface area contributed by atoms with Gasteiger partial charge in [-0.15, -0.1) is 0 Å². The number of likely N-dealkylation sites (N-methyl/N-ethyl adjacent to an activating group) is 1. The molecule has 0 bridgehead atoms. The molecule has 0 spiro atoms. The summed E-state index contributed by atoms with van der Waals surface area (Å²) in [5.41, 5.74) is 1.55. The molecule has 0 radical (unpaired) electrons. The Hall–Kier alpha value is -1.09. The Kier molecular flexibility index (Phi) is 5.41. The van der Waals surface area contributed by atoms with E-state index in [2.05, 4.69) is 5.32 Å². The summed E-state index contributed by atoms with van der Waals surface area (Å²) >= 11 is 12.2. The van der Waals surface area contributed by atoms with Crippen LogP contribution in [0.5, 0.6) is 0 Å². The average Bonchev–Trinajstić information content (AvgIpc) is 2.44. The fourth-order valence-electron chi connectivity index (χ4n) is 2.22. The van der Waals surface area contributed by atoms with Gasteiger partial charge in [0.1, 0.15) is 5.82 Å². The highest BCUT2D eigenvalue weighted by Crippen LogP contribution is 2.29. The maximum Gasteiger partial charge on any atom is 0.127 e. The third-order valence-corrected chi connectivity index (χ3v) is 4.04. The van der Waals surface area contributed by atoms with E-state index in [0.29, 0.717) is 22.0 Å². The maximum absolute atomic E-state index is 13.9. The van der Waals surface area contributed by atoms with Crippen molar-refractivity contribution in [1.29, 1.82) is 0 Å². The summed E-state index contributed by atoms with van der Waals surface area (Å²) in [5.74, 6) is -0.211. The highest BCUT2D eigenvalue weighted by Gasteiger charge is 2.17. The monoisotopic (exact) mass is 311 g/mol. The molecule has 0 aromatic heterocycles. The summed E-state index contributed by atoms with van der Waals surface area (Å²) in [4.78, 5) is 0. The van der Waals surface area contributed by atoms with Crippen LogP contribution < -0.4 is 5.32 Å². The quantitative estimate of drug-likeness (QED) is 0.817. The molecular formula is C16H16Cl2FN. The molecule has 106 valence electrons. The van der Waals surface area contributed by atoms with E-state index < -0.39 is 0 Å². The molecule has 1 unspecified atom stereocenters. The Bertz CT molecular complexity index is 586. The number of hydrogen-bond acceptors (Lipinski definition) is 1. The van der Waals surface area contributed by atoms with E-state index in [1.807, 2.05) is 25.1 Å². The highest BCUT2D eigenvalue weighted by molar-refractivity contribution is 6.42. The predicted molar refractivity (Wildman–Crippen MR) is 83.0 cm³/mol. The summed E-state index contributed by atoms with van der Waals surface area (Å²) in [6.45, 7) is 2.74. The van der Waals surface area contributed by atoms with Gasteiger partial charge in [-0.25, -0.2) is 4.39 Å². The first-order valence-corrected chi connectivity index (χ1v) is 7.29. The number of halogens is 3. The van der Waals surface area contributed by atoms with Gasteiger partial charge in [0.05, 0.1) is 10.0 Å². The Balaban J connectivity index is 2.31. The first-order valence-electron chi connectivity index (χ1n) is 6.54. The second-order valence-electron chi connectivity index (χ2n) is 4.55. The molecule has 0 saturated carbocycles. The Morgan fingerprint density at radius 1 is 1.10 bits per heavy atom. The van der Waals surface area contributed by atoms with Gasteiger partial charge < -0.3 is 5.32 Å². The van der Waals surface area contributed by atoms with Gasteiger partial charge in [-0.05, 0) is 30.7 Å². The van der Waals surface area contributed by atoms with E-state index in [9.17, 15) is 4.39 Å². The van der Waals surface area contributed by atoms with E-state index in [4.69, 9.17) is 23.2 Å². The number of rotatable bonds is 5. The molecule has 2 aromatic rings. The second-order valence-corrected chi connectivity index (χ2v) is 5.33. The Labute approximate surface area is 128 Å². The molecule has 20 heavy (non-hydrogen) atoms. The third kappa shape index (κ3) is 3.51. The topological polar surface area (TPSA) is 12.0 Å². The molecule has 0 saturated heterocycles. The zero-order valence-corrected chi connectivity index (χ0v) is 12.7. The van der Waals surface area contributed by atoms with Crippen LogP contribution in [-0.4, -0.2) is 6.54 Å². The van der Waals surface area contributed by atoms with Crippen LogP contribution in [0.3, 0.4) is 0 Å². The lowest BCUT2D eigenvalue weighted by Crippen LogP contribution is -2.24. The highest BCUT2D eigenvalue weighted by atomic mass is 35.5. The fourth-order valence-corrected chi connectivity index (χ4v) is 2.62. The summed E-state index contributed by atoms with van der Waals surface area (Å²) in [6.07, 6.45) is 0.591. The first kappa shape index (κ1) is 15.3. The van der Waals surface area contributed by atoms with Crippen LogP contribution in [0.2, 0.25) is 10.0 Å². The molecule has 0 aliphatic rings. The fraction of sp³-hybridized carbons (Fsp3) is 0.250. The molecule has 1 N–H and O–H groups in total. The van der Waals surface area contributed by atoms with Crippen molar-refractivity contribution in [1.82, 2.24) is 5.32 Å². The molecule has 0 fully saturated rings. The van der Waals surface area contributed by atoms with E-state index in [1.54, 1.807) is 18.2 Å². The lowest BCUT2D eigenvalue weighted by molar-refractivity contribution is 0.510. The summed E-state index contributed by atoms with van der Waals surface area (Å²) in [7, 11) is 0. The van der Waals surface area contributed by atoms with Crippen molar-refractivity contribution in [3.8, 4) is 0 Å². The van der Waals surface area contributed by atoms with Crippen molar-refractivity contribution in [2.45, 2.75) is 19.4 Å². The van der Waals surface area contributed by atoms with Gasteiger partial charge in [-0.1, -0.05) is 60.5 Å². The van der Waals surface area contributed by atoms with Crippen molar-refractivity contribution >= 4 is 23.2 Å². The molecule has 0 aliphatic carbocycles. The standard InChI is InChI=1S/C16H16Cl2FN/c1-2-20-15(12-7-3-4-9-14(12)19)10-11-6-5-8-13(17)16(11)18/h3-9,15,20H,2,10H2,1H3. The lowest BCUT2D eigenvalue weighted by atomic mass is 9.98. The number of nitrogens with one attached hydrogen (secondary N) is 1. The zero-order valence-electron chi connectivity index (χ0n) is 11.2. The molecule has 4 heteroatoms. The predicted octanol–water partition coefficient (Wildman–Crippen LogP) is 5.03. The molecule has 2 rings (SSSR count). The average molecular weight is 312 g/mol. The summed E-state index contributed by atoms with van der Waals surface area (Å²) < 4.78 is 13.9. The van der Waals surface area contributed by atoms with Gasteiger partial charge in [-0.2, -0.15) is 0 Å².